The Labute approximate surface area is 107 Å². The van der Waals surface area contributed by atoms with Gasteiger partial charge in [-0.1, -0.05) is 0 Å². The minimum absolute atomic E-state index is 0.00641. The Morgan fingerprint density at radius 3 is 2.56 bits per heavy atom. The molecule has 0 unspecified atom stereocenters. The summed E-state index contributed by atoms with van der Waals surface area (Å²) in [6.07, 6.45) is 5.82. The van der Waals surface area contributed by atoms with Crippen LogP contribution in [-0.2, 0) is 4.79 Å². The second-order valence-corrected chi connectivity index (χ2v) is 6.11. The summed E-state index contributed by atoms with van der Waals surface area (Å²) in [5, 5.41) is 2.91. The molecular formula is C13H22N3O2+. The zero-order valence-corrected chi connectivity index (χ0v) is 11.0. The molecule has 3 aliphatic rings. The minimum Gasteiger partial charge on any atom is -0.323 e. The molecule has 18 heavy (non-hydrogen) atoms. The van der Waals surface area contributed by atoms with Gasteiger partial charge in [0.05, 0.1) is 13.1 Å². The number of piperidine rings is 1. The number of hydrogen-bond acceptors (Lipinski definition) is 2. The zero-order valence-electron chi connectivity index (χ0n) is 11.0. The standard InChI is InChI=1S/C13H21N3O2/c1-13(10-5-6-10)11(17)16(12(18)14-13)9-15-7-3-2-4-8-15/h10H,2-9H2,1H3,(H,14,18)/p+1/t13-/m1/s1. The largest absolute Gasteiger partial charge is 0.329 e. The van der Waals surface area contributed by atoms with Gasteiger partial charge in [-0.05, 0) is 44.9 Å². The van der Waals surface area contributed by atoms with Crippen LogP contribution in [0.3, 0.4) is 0 Å². The fourth-order valence-electron chi connectivity index (χ4n) is 3.23. The van der Waals surface area contributed by atoms with Crippen LogP contribution in [0.2, 0.25) is 0 Å². The summed E-state index contributed by atoms with van der Waals surface area (Å²) in [5.41, 5.74) is -0.619. The number of rotatable bonds is 3. The van der Waals surface area contributed by atoms with Gasteiger partial charge < -0.3 is 10.2 Å². The molecular weight excluding hydrogens is 230 g/mol. The first-order chi connectivity index (χ1) is 8.61. The average Bonchev–Trinajstić information content (AvgIpc) is 3.17. The van der Waals surface area contributed by atoms with Crippen molar-refractivity contribution in [3.63, 3.8) is 0 Å². The van der Waals surface area contributed by atoms with Crippen LogP contribution in [0, 0.1) is 5.92 Å². The number of amides is 3. The van der Waals surface area contributed by atoms with Gasteiger partial charge in [-0.25, -0.2) is 9.69 Å². The van der Waals surface area contributed by atoms with Crippen molar-refractivity contribution in [2.75, 3.05) is 19.8 Å². The summed E-state index contributed by atoms with van der Waals surface area (Å²) in [7, 11) is 0. The van der Waals surface area contributed by atoms with E-state index in [1.807, 2.05) is 6.92 Å². The normalized spacial score (nSPS) is 33.9. The number of hydrogen-bond donors (Lipinski definition) is 2. The average molecular weight is 252 g/mol. The Balaban J connectivity index is 1.68. The van der Waals surface area contributed by atoms with E-state index in [9.17, 15) is 9.59 Å². The fourth-order valence-corrected chi connectivity index (χ4v) is 3.23. The molecule has 2 heterocycles. The molecule has 0 spiro atoms. The maximum Gasteiger partial charge on any atom is 0.329 e. The summed E-state index contributed by atoms with van der Waals surface area (Å²) < 4.78 is 0. The summed E-state index contributed by atoms with van der Waals surface area (Å²) in [4.78, 5) is 27.2. The third-order valence-corrected chi connectivity index (χ3v) is 4.64. The van der Waals surface area contributed by atoms with Crippen molar-refractivity contribution < 1.29 is 14.5 Å². The molecule has 1 saturated carbocycles. The van der Waals surface area contributed by atoms with Gasteiger partial charge in [0.1, 0.15) is 5.54 Å². The lowest BCUT2D eigenvalue weighted by molar-refractivity contribution is -0.912. The van der Waals surface area contributed by atoms with Crippen LogP contribution in [0.5, 0.6) is 0 Å². The van der Waals surface area contributed by atoms with E-state index in [1.165, 1.54) is 29.1 Å². The number of urea groups is 1. The highest BCUT2D eigenvalue weighted by Crippen LogP contribution is 2.42. The fraction of sp³-hybridized carbons (Fsp3) is 0.846. The number of likely N-dealkylation sites (tertiary alicyclic amines) is 1. The molecule has 100 valence electrons. The number of nitrogens with zero attached hydrogens (tertiary/aromatic N) is 1. The van der Waals surface area contributed by atoms with E-state index in [0.717, 1.165) is 25.9 Å². The molecule has 1 aliphatic carbocycles. The van der Waals surface area contributed by atoms with Gasteiger partial charge in [0.15, 0.2) is 6.67 Å². The van der Waals surface area contributed by atoms with Crippen molar-refractivity contribution in [2.45, 2.75) is 44.6 Å². The minimum atomic E-state index is -0.619. The Kier molecular flexibility index (Phi) is 2.81. The van der Waals surface area contributed by atoms with Crippen LogP contribution in [0.25, 0.3) is 0 Å². The Hall–Kier alpha value is -1.10. The van der Waals surface area contributed by atoms with Crippen molar-refractivity contribution in [3.05, 3.63) is 0 Å². The molecule has 5 heteroatoms. The second kappa shape index (κ2) is 4.23. The highest BCUT2D eigenvalue weighted by atomic mass is 16.2. The number of carbonyl (C=O) groups is 2. The molecule has 3 fully saturated rings. The van der Waals surface area contributed by atoms with Crippen molar-refractivity contribution >= 4 is 11.9 Å². The molecule has 0 bridgehead atoms. The van der Waals surface area contributed by atoms with Crippen molar-refractivity contribution in [1.82, 2.24) is 10.2 Å². The summed E-state index contributed by atoms with van der Waals surface area (Å²) in [6, 6.07) is -0.188. The maximum atomic E-state index is 12.4. The lowest BCUT2D eigenvalue weighted by Gasteiger charge is -2.27. The summed E-state index contributed by atoms with van der Waals surface area (Å²) in [5.74, 6) is 0.350. The molecule has 2 aliphatic heterocycles. The predicted molar refractivity (Wildman–Crippen MR) is 65.9 cm³/mol. The zero-order chi connectivity index (χ0) is 12.8. The number of quaternary nitrogens is 1. The van der Waals surface area contributed by atoms with E-state index in [0.29, 0.717) is 12.6 Å². The quantitative estimate of drug-likeness (QED) is 0.680. The molecule has 0 aromatic rings. The van der Waals surface area contributed by atoms with Gasteiger partial charge in [-0.15, -0.1) is 0 Å². The van der Waals surface area contributed by atoms with Crippen LogP contribution in [-0.4, -0.2) is 42.1 Å². The SMILES string of the molecule is C[C@]1(C2CC2)NC(=O)N(C[NH+]2CCCCC2)C1=O. The predicted octanol–water partition coefficient (Wildman–Crippen LogP) is -0.267. The lowest BCUT2D eigenvalue weighted by atomic mass is 9.96. The molecule has 0 aromatic carbocycles. The first-order valence-electron chi connectivity index (χ1n) is 7.09. The molecule has 1 atom stereocenters. The third-order valence-electron chi connectivity index (χ3n) is 4.64. The summed E-state index contributed by atoms with van der Waals surface area (Å²) in [6.45, 7) is 4.60. The highest BCUT2D eigenvalue weighted by molar-refractivity contribution is 6.07. The first-order valence-corrected chi connectivity index (χ1v) is 7.09. The van der Waals surface area contributed by atoms with Gasteiger partial charge >= 0.3 is 6.03 Å². The maximum absolute atomic E-state index is 12.4. The van der Waals surface area contributed by atoms with E-state index in [-0.39, 0.29) is 11.9 Å². The van der Waals surface area contributed by atoms with Crippen LogP contribution < -0.4 is 10.2 Å². The van der Waals surface area contributed by atoms with E-state index in [1.54, 1.807) is 0 Å². The molecule has 3 amide bonds. The molecule has 3 rings (SSSR count). The van der Waals surface area contributed by atoms with Gasteiger partial charge in [-0.3, -0.25) is 4.79 Å². The highest BCUT2D eigenvalue weighted by Gasteiger charge is 2.56. The number of nitrogens with one attached hydrogen (secondary N) is 2. The topological polar surface area (TPSA) is 53.9 Å². The molecule has 2 saturated heterocycles. The van der Waals surface area contributed by atoms with Gasteiger partial charge in [0.2, 0.25) is 0 Å². The molecule has 2 N–H and O–H groups in total. The van der Waals surface area contributed by atoms with Gasteiger partial charge in [-0.2, -0.15) is 0 Å². The first kappa shape index (κ1) is 12.0. The lowest BCUT2D eigenvalue weighted by Crippen LogP contribution is -3.14. The van der Waals surface area contributed by atoms with Crippen LogP contribution in [0.15, 0.2) is 0 Å². The summed E-state index contributed by atoms with van der Waals surface area (Å²) >= 11 is 0. The number of imide groups is 1. The third kappa shape index (κ3) is 1.90. The van der Waals surface area contributed by atoms with Crippen molar-refractivity contribution in [3.8, 4) is 0 Å². The molecule has 0 aromatic heterocycles. The van der Waals surface area contributed by atoms with Crippen molar-refractivity contribution in [1.29, 1.82) is 0 Å². The number of carbonyl (C=O) groups excluding carboxylic acids is 2. The monoisotopic (exact) mass is 252 g/mol. The van der Waals surface area contributed by atoms with Gasteiger partial charge in [0, 0.05) is 0 Å². The van der Waals surface area contributed by atoms with Crippen LogP contribution in [0.1, 0.15) is 39.0 Å². The van der Waals surface area contributed by atoms with E-state index < -0.39 is 5.54 Å². The Morgan fingerprint density at radius 2 is 1.94 bits per heavy atom. The Morgan fingerprint density at radius 1 is 1.28 bits per heavy atom. The van der Waals surface area contributed by atoms with E-state index in [2.05, 4.69) is 5.32 Å². The van der Waals surface area contributed by atoms with E-state index in [4.69, 9.17) is 0 Å². The van der Waals surface area contributed by atoms with Crippen LogP contribution in [0.4, 0.5) is 4.79 Å². The Bertz CT molecular complexity index is 374. The van der Waals surface area contributed by atoms with Gasteiger partial charge in [0.25, 0.3) is 5.91 Å². The van der Waals surface area contributed by atoms with Crippen molar-refractivity contribution in [2.24, 2.45) is 5.92 Å². The van der Waals surface area contributed by atoms with Crippen LogP contribution >= 0.6 is 0 Å². The van der Waals surface area contributed by atoms with E-state index >= 15 is 0 Å². The molecule has 5 nitrogen and oxygen atoms in total. The second-order valence-electron chi connectivity index (χ2n) is 6.11. The molecule has 0 radical (unpaired) electrons. The smallest absolute Gasteiger partial charge is 0.323 e.